The van der Waals surface area contributed by atoms with Gasteiger partial charge in [0.2, 0.25) is 0 Å². The summed E-state index contributed by atoms with van der Waals surface area (Å²) in [5.74, 6) is 0.673. The van der Waals surface area contributed by atoms with Gasteiger partial charge in [0.1, 0.15) is 6.33 Å². The molecule has 2 unspecified atom stereocenters. The van der Waals surface area contributed by atoms with E-state index in [1.54, 1.807) is 24.6 Å². The SMILES string of the molecule is C=C/C=C\C(=C)C(=N)/N=C(\C=C\C/C=C(\C=C/C)c1cc(C=C)c(C)c(C2=CC=CC(C)C2C=C)c1)c1cccc(-c2cc(-c3ccccc3)ncn2)c1. The zero-order valence-electron chi connectivity index (χ0n) is 31.5. The summed E-state index contributed by atoms with van der Waals surface area (Å²) in [6.45, 7) is 22.5. The Bertz CT molecular complexity index is 2270. The minimum absolute atomic E-state index is 0.0693. The fourth-order valence-electron chi connectivity index (χ4n) is 6.48. The predicted octanol–water partition coefficient (Wildman–Crippen LogP) is 12.8. The van der Waals surface area contributed by atoms with Gasteiger partial charge in [0.15, 0.2) is 5.84 Å². The maximum absolute atomic E-state index is 8.74. The molecule has 0 saturated heterocycles. The fourth-order valence-corrected chi connectivity index (χ4v) is 6.48. The minimum Gasteiger partial charge on any atom is -0.282 e. The highest BCUT2D eigenvalue weighted by Gasteiger charge is 2.22. The molecule has 3 aromatic carbocycles. The maximum atomic E-state index is 8.74. The lowest BCUT2D eigenvalue weighted by atomic mass is 9.77. The van der Waals surface area contributed by atoms with Crippen molar-refractivity contribution >= 4 is 28.8 Å². The molecule has 0 saturated carbocycles. The number of aliphatic imine (C=N–C) groups is 1. The lowest BCUT2D eigenvalue weighted by molar-refractivity contribution is 0.622. The average molecular weight is 705 g/mol. The van der Waals surface area contributed by atoms with Gasteiger partial charge in [0.05, 0.1) is 17.1 Å². The fraction of sp³-hybridized carbons (Fsp3) is 0.120. The molecule has 0 amide bonds. The van der Waals surface area contributed by atoms with Gasteiger partial charge in [-0.1, -0.05) is 148 Å². The van der Waals surface area contributed by atoms with Gasteiger partial charge in [-0.2, -0.15) is 0 Å². The average Bonchev–Trinajstić information content (AvgIpc) is 3.21. The van der Waals surface area contributed by atoms with Crippen molar-refractivity contribution in [1.82, 2.24) is 9.97 Å². The van der Waals surface area contributed by atoms with Crippen LogP contribution >= 0.6 is 0 Å². The van der Waals surface area contributed by atoms with E-state index in [-0.39, 0.29) is 11.8 Å². The monoisotopic (exact) mass is 704 g/mol. The Morgan fingerprint density at radius 3 is 2.37 bits per heavy atom. The third-order valence-corrected chi connectivity index (χ3v) is 9.44. The second-order valence-corrected chi connectivity index (χ2v) is 13.1. The number of amidine groups is 1. The van der Waals surface area contributed by atoms with Crippen LogP contribution < -0.4 is 0 Å². The van der Waals surface area contributed by atoms with Gasteiger partial charge in [-0.05, 0) is 89.9 Å². The first-order valence-corrected chi connectivity index (χ1v) is 18.2. The molecule has 0 aliphatic heterocycles. The number of benzene rings is 3. The minimum atomic E-state index is 0.0693. The Hall–Kier alpha value is -6.52. The van der Waals surface area contributed by atoms with Crippen molar-refractivity contribution in [3.05, 3.63) is 212 Å². The van der Waals surface area contributed by atoms with Crippen molar-refractivity contribution in [2.24, 2.45) is 16.8 Å². The molecule has 1 heterocycles. The van der Waals surface area contributed by atoms with Gasteiger partial charge in [0.25, 0.3) is 0 Å². The molecule has 0 bridgehead atoms. The van der Waals surface area contributed by atoms with Crippen LogP contribution in [-0.4, -0.2) is 21.5 Å². The molecule has 1 aliphatic carbocycles. The number of aromatic nitrogens is 2. The summed E-state index contributed by atoms with van der Waals surface area (Å²) in [7, 11) is 0. The Morgan fingerprint density at radius 1 is 0.889 bits per heavy atom. The van der Waals surface area contributed by atoms with Gasteiger partial charge >= 0.3 is 0 Å². The van der Waals surface area contributed by atoms with E-state index in [9.17, 15) is 0 Å². The number of nitrogens with zero attached hydrogens (tertiary/aromatic N) is 3. The van der Waals surface area contributed by atoms with Gasteiger partial charge in [-0.3, -0.25) is 5.41 Å². The summed E-state index contributed by atoms with van der Waals surface area (Å²) in [4.78, 5) is 13.9. The smallest absolute Gasteiger partial charge is 0.151 e. The second-order valence-electron chi connectivity index (χ2n) is 13.1. The van der Waals surface area contributed by atoms with Gasteiger partial charge in [-0.15, -0.1) is 6.58 Å². The van der Waals surface area contributed by atoms with Crippen molar-refractivity contribution in [2.45, 2.75) is 27.2 Å². The molecule has 0 fully saturated rings. The number of hydrogen-bond donors (Lipinski definition) is 1. The largest absolute Gasteiger partial charge is 0.282 e. The topological polar surface area (TPSA) is 62.0 Å². The van der Waals surface area contributed by atoms with E-state index in [1.807, 2.05) is 79.7 Å². The zero-order valence-corrected chi connectivity index (χ0v) is 31.5. The lowest BCUT2D eigenvalue weighted by Crippen LogP contribution is -2.13. The first-order valence-electron chi connectivity index (χ1n) is 18.2. The van der Waals surface area contributed by atoms with Crippen molar-refractivity contribution in [1.29, 1.82) is 5.41 Å². The highest BCUT2D eigenvalue weighted by Crippen LogP contribution is 2.38. The van der Waals surface area contributed by atoms with E-state index in [1.165, 1.54) is 16.7 Å². The third kappa shape index (κ3) is 9.47. The molecule has 1 aromatic heterocycles. The lowest BCUT2D eigenvalue weighted by Gasteiger charge is -2.27. The van der Waals surface area contributed by atoms with Crippen molar-refractivity contribution < 1.29 is 0 Å². The van der Waals surface area contributed by atoms with Crippen LogP contribution in [0.15, 0.2) is 189 Å². The van der Waals surface area contributed by atoms with E-state index < -0.39 is 0 Å². The van der Waals surface area contributed by atoms with Crippen LogP contribution in [0.5, 0.6) is 0 Å². The van der Waals surface area contributed by atoms with E-state index in [4.69, 9.17) is 10.4 Å². The maximum Gasteiger partial charge on any atom is 0.151 e. The highest BCUT2D eigenvalue weighted by atomic mass is 14.8. The molecule has 2 atom stereocenters. The summed E-state index contributed by atoms with van der Waals surface area (Å²) in [6, 6.07) is 24.6. The van der Waals surface area contributed by atoms with E-state index >= 15 is 0 Å². The Labute approximate surface area is 321 Å². The van der Waals surface area contributed by atoms with Crippen LogP contribution in [0.4, 0.5) is 0 Å². The van der Waals surface area contributed by atoms with E-state index in [0.29, 0.717) is 23.6 Å². The molecule has 0 spiro atoms. The van der Waals surface area contributed by atoms with Crippen LogP contribution in [0.2, 0.25) is 0 Å². The van der Waals surface area contributed by atoms with Gasteiger partial charge < -0.3 is 0 Å². The van der Waals surface area contributed by atoms with Crippen LogP contribution in [0, 0.1) is 24.2 Å². The Kier molecular flexibility index (Phi) is 13.5. The first kappa shape index (κ1) is 38.7. The molecule has 4 nitrogen and oxygen atoms in total. The summed E-state index contributed by atoms with van der Waals surface area (Å²) >= 11 is 0. The molecule has 1 aliphatic rings. The summed E-state index contributed by atoms with van der Waals surface area (Å²) in [6.07, 6.45) is 28.5. The number of hydrogen-bond acceptors (Lipinski definition) is 3. The van der Waals surface area contributed by atoms with Crippen molar-refractivity contribution in [3.63, 3.8) is 0 Å². The molecule has 54 heavy (non-hydrogen) atoms. The van der Waals surface area contributed by atoms with Crippen molar-refractivity contribution in [3.8, 4) is 22.5 Å². The number of rotatable bonds is 14. The Balaban J connectivity index is 1.51. The second kappa shape index (κ2) is 18.8. The Morgan fingerprint density at radius 2 is 1.65 bits per heavy atom. The van der Waals surface area contributed by atoms with Crippen LogP contribution in [0.3, 0.4) is 0 Å². The molecule has 268 valence electrons. The first-order chi connectivity index (χ1) is 26.3. The molecule has 0 radical (unpaired) electrons. The van der Waals surface area contributed by atoms with Crippen molar-refractivity contribution in [2.75, 3.05) is 0 Å². The zero-order chi connectivity index (χ0) is 38.5. The number of nitrogens with one attached hydrogen (secondary N) is 1. The molecular weight excluding hydrogens is 657 g/mol. The highest BCUT2D eigenvalue weighted by molar-refractivity contribution is 6.17. The van der Waals surface area contributed by atoms with E-state index in [0.717, 1.165) is 44.8 Å². The molecule has 4 heteroatoms. The standard InChI is InChI=1S/C50H48N4/c1-8-12-21-36(6)50(51)54-47(41-26-19-27-42(31-41)49-33-48(52-34-53-49)40-24-14-13-15-25-40)29-17-16-23-39(20-9-2)43-30-38(10-3)37(7)46(32-43)45-28-18-22-35(5)44(45)11-4/h8-15,17-35,44,51H,1,3-4,6,16H2,2,5,7H3/b20-9-,21-12-,29-17+,39-23+,51-50?,54-47+. The summed E-state index contributed by atoms with van der Waals surface area (Å²) < 4.78 is 0. The summed E-state index contributed by atoms with van der Waals surface area (Å²) in [5, 5.41) is 8.74. The predicted molar refractivity (Wildman–Crippen MR) is 233 cm³/mol. The summed E-state index contributed by atoms with van der Waals surface area (Å²) in [5.41, 5.74) is 12.6. The quantitative estimate of drug-likeness (QED) is 0.0615. The molecular formula is C50H48N4. The van der Waals surface area contributed by atoms with Crippen LogP contribution in [0.1, 0.15) is 48.1 Å². The van der Waals surface area contributed by atoms with Gasteiger partial charge in [0, 0.05) is 28.2 Å². The molecule has 1 N–H and O–H groups in total. The number of allylic oxidation sites excluding steroid dienone is 13. The van der Waals surface area contributed by atoms with E-state index in [2.05, 4.69) is 111 Å². The van der Waals surface area contributed by atoms with Gasteiger partial charge in [-0.25, -0.2) is 15.0 Å². The van der Waals surface area contributed by atoms with Crippen LogP contribution in [-0.2, 0) is 0 Å². The van der Waals surface area contributed by atoms with Crippen LogP contribution in [0.25, 0.3) is 39.7 Å². The molecule has 5 rings (SSSR count). The normalized spacial score (nSPS) is 16.2. The third-order valence-electron chi connectivity index (χ3n) is 9.44. The molecule has 4 aromatic rings.